The molecule has 1 N–H and O–H groups in total. The molecule has 34 heavy (non-hydrogen) atoms. The lowest BCUT2D eigenvalue weighted by molar-refractivity contribution is -0.123. The highest BCUT2D eigenvalue weighted by atomic mass is 16.5. The number of hydrogen-bond acceptors (Lipinski definition) is 6. The number of likely N-dealkylation sites (tertiary alicyclic amines) is 1. The molecule has 1 fully saturated rings. The minimum absolute atomic E-state index is 0.0190. The smallest absolute Gasteiger partial charge is 0.234 e. The van der Waals surface area contributed by atoms with Gasteiger partial charge in [-0.25, -0.2) is 0 Å². The lowest BCUT2D eigenvalue weighted by Crippen LogP contribution is -2.50. The van der Waals surface area contributed by atoms with Crippen molar-refractivity contribution in [1.29, 1.82) is 0 Å². The number of ether oxygens (including phenoxy) is 3. The number of nitrogens with zero attached hydrogens (tertiary/aromatic N) is 2. The molecule has 186 valence electrons. The third kappa shape index (κ3) is 7.11. The summed E-state index contributed by atoms with van der Waals surface area (Å²) in [5.41, 5.74) is 2.19. The van der Waals surface area contributed by atoms with Gasteiger partial charge in [0, 0.05) is 37.3 Å². The number of nitrogens with one attached hydrogen (secondary N) is 1. The van der Waals surface area contributed by atoms with Crippen LogP contribution in [-0.2, 0) is 17.9 Å². The van der Waals surface area contributed by atoms with Crippen LogP contribution in [0.15, 0.2) is 42.5 Å². The number of hydrogen-bond donors (Lipinski definition) is 1. The second kappa shape index (κ2) is 13.2. The zero-order valence-electron chi connectivity index (χ0n) is 21.0. The molecule has 1 unspecified atom stereocenters. The average molecular weight is 470 g/mol. The molecule has 0 aliphatic carbocycles. The Morgan fingerprint density at radius 3 is 2.44 bits per heavy atom. The molecule has 3 rings (SSSR count). The SMILES string of the molecule is CCCN(CC(=O)NCc1cc(OC)c(OC)cc1OC)C1CCCN(Cc2ccccc2)C1. The highest BCUT2D eigenvalue weighted by Crippen LogP contribution is 2.34. The summed E-state index contributed by atoms with van der Waals surface area (Å²) in [4.78, 5) is 17.8. The molecule has 0 spiro atoms. The van der Waals surface area contributed by atoms with Gasteiger partial charge in [0.25, 0.3) is 0 Å². The first-order valence-corrected chi connectivity index (χ1v) is 12.1. The van der Waals surface area contributed by atoms with Gasteiger partial charge in [0.2, 0.25) is 5.91 Å². The van der Waals surface area contributed by atoms with Crippen molar-refractivity contribution in [1.82, 2.24) is 15.1 Å². The molecule has 1 heterocycles. The van der Waals surface area contributed by atoms with E-state index in [9.17, 15) is 4.79 Å². The summed E-state index contributed by atoms with van der Waals surface area (Å²) in [5, 5.41) is 3.07. The zero-order valence-corrected chi connectivity index (χ0v) is 21.0. The average Bonchev–Trinajstić information content (AvgIpc) is 2.87. The molecule has 2 aromatic carbocycles. The maximum Gasteiger partial charge on any atom is 0.234 e. The molecule has 7 heteroatoms. The molecular formula is C27H39N3O4. The molecule has 1 aliphatic rings. The zero-order chi connectivity index (χ0) is 24.3. The summed E-state index contributed by atoms with van der Waals surface area (Å²) in [5.74, 6) is 1.89. The molecule has 0 bridgehead atoms. The Kier molecular flexibility index (Phi) is 10.0. The van der Waals surface area contributed by atoms with E-state index in [-0.39, 0.29) is 5.91 Å². The van der Waals surface area contributed by atoms with Crippen LogP contribution in [-0.4, -0.2) is 69.3 Å². The number of benzene rings is 2. The molecule has 7 nitrogen and oxygen atoms in total. The second-order valence-electron chi connectivity index (χ2n) is 8.78. The summed E-state index contributed by atoms with van der Waals surface area (Å²) in [6, 6.07) is 14.6. The minimum atomic E-state index is 0.0190. The van der Waals surface area contributed by atoms with Gasteiger partial charge in [0.05, 0.1) is 27.9 Å². The van der Waals surface area contributed by atoms with E-state index in [2.05, 4.69) is 52.4 Å². The lowest BCUT2D eigenvalue weighted by Gasteiger charge is -2.39. The standard InChI is InChI=1S/C27H39N3O4/c1-5-13-30(23-12-9-14-29(19-23)18-21-10-7-6-8-11-21)20-27(31)28-17-22-15-25(33-3)26(34-4)16-24(22)32-2/h6-8,10-11,15-16,23H,5,9,12-14,17-20H2,1-4H3,(H,28,31). The van der Waals surface area contributed by atoms with E-state index < -0.39 is 0 Å². The number of amides is 1. The molecule has 1 saturated heterocycles. The van der Waals surface area contributed by atoms with Crippen LogP contribution in [0.5, 0.6) is 17.2 Å². The van der Waals surface area contributed by atoms with E-state index in [0.717, 1.165) is 51.0 Å². The Hall–Kier alpha value is -2.77. The van der Waals surface area contributed by atoms with Crippen LogP contribution in [0.1, 0.15) is 37.3 Å². The molecule has 1 atom stereocenters. The molecule has 0 saturated carbocycles. The molecule has 0 radical (unpaired) electrons. The molecule has 1 aliphatic heterocycles. The summed E-state index contributed by atoms with van der Waals surface area (Å²) < 4.78 is 16.2. The first kappa shape index (κ1) is 25.8. The summed E-state index contributed by atoms with van der Waals surface area (Å²) in [6.07, 6.45) is 3.30. The van der Waals surface area contributed by atoms with Crippen LogP contribution in [0, 0.1) is 0 Å². The fraction of sp³-hybridized carbons (Fsp3) is 0.519. The predicted octanol–water partition coefficient (Wildman–Crippen LogP) is 3.71. The van der Waals surface area contributed by atoms with Crippen LogP contribution in [0.3, 0.4) is 0 Å². The highest BCUT2D eigenvalue weighted by Gasteiger charge is 2.26. The van der Waals surface area contributed by atoms with Gasteiger partial charge < -0.3 is 19.5 Å². The van der Waals surface area contributed by atoms with Crippen molar-refractivity contribution in [3.8, 4) is 17.2 Å². The topological polar surface area (TPSA) is 63.3 Å². The molecule has 0 aromatic heterocycles. The van der Waals surface area contributed by atoms with Crippen molar-refractivity contribution in [2.45, 2.75) is 45.3 Å². The van der Waals surface area contributed by atoms with E-state index in [1.54, 1.807) is 27.4 Å². The van der Waals surface area contributed by atoms with E-state index in [1.165, 1.54) is 5.56 Å². The quantitative estimate of drug-likeness (QED) is 0.511. The lowest BCUT2D eigenvalue weighted by atomic mass is 10.0. The van der Waals surface area contributed by atoms with Crippen LogP contribution in [0.2, 0.25) is 0 Å². The van der Waals surface area contributed by atoms with E-state index in [1.807, 2.05) is 6.07 Å². The predicted molar refractivity (Wildman–Crippen MR) is 135 cm³/mol. The van der Waals surface area contributed by atoms with Crippen LogP contribution >= 0.6 is 0 Å². The van der Waals surface area contributed by atoms with Crippen LogP contribution in [0.25, 0.3) is 0 Å². The minimum Gasteiger partial charge on any atom is -0.496 e. The molecular weight excluding hydrogens is 430 g/mol. The maximum absolute atomic E-state index is 12.9. The van der Waals surface area contributed by atoms with Gasteiger partial charge >= 0.3 is 0 Å². The van der Waals surface area contributed by atoms with Gasteiger partial charge in [-0.05, 0) is 44.0 Å². The second-order valence-corrected chi connectivity index (χ2v) is 8.78. The Balaban J connectivity index is 1.59. The fourth-order valence-corrected chi connectivity index (χ4v) is 4.66. The Morgan fingerprint density at radius 2 is 1.76 bits per heavy atom. The Morgan fingerprint density at radius 1 is 1.06 bits per heavy atom. The monoisotopic (exact) mass is 469 g/mol. The van der Waals surface area contributed by atoms with Crippen molar-refractivity contribution in [3.63, 3.8) is 0 Å². The highest BCUT2D eigenvalue weighted by molar-refractivity contribution is 5.78. The van der Waals surface area contributed by atoms with E-state index in [0.29, 0.717) is 36.4 Å². The number of carbonyl (C=O) groups is 1. The number of carbonyl (C=O) groups excluding carboxylic acids is 1. The van der Waals surface area contributed by atoms with Gasteiger partial charge in [0.15, 0.2) is 11.5 Å². The maximum atomic E-state index is 12.9. The van der Waals surface area contributed by atoms with Crippen LogP contribution in [0.4, 0.5) is 0 Å². The Labute approximate surface area is 204 Å². The van der Waals surface area contributed by atoms with Gasteiger partial charge in [0.1, 0.15) is 5.75 Å². The van der Waals surface area contributed by atoms with Crippen LogP contribution < -0.4 is 19.5 Å². The Bertz CT molecular complexity index is 906. The largest absolute Gasteiger partial charge is 0.496 e. The van der Waals surface area contributed by atoms with Gasteiger partial charge in [-0.1, -0.05) is 37.3 Å². The van der Waals surface area contributed by atoms with Gasteiger partial charge in [-0.3, -0.25) is 14.6 Å². The van der Waals surface area contributed by atoms with E-state index in [4.69, 9.17) is 14.2 Å². The molecule has 1 amide bonds. The van der Waals surface area contributed by atoms with Crippen molar-refractivity contribution in [2.24, 2.45) is 0 Å². The third-order valence-corrected chi connectivity index (χ3v) is 6.37. The van der Waals surface area contributed by atoms with E-state index >= 15 is 0 Å². The number of piperidine rings is 1. The molecule has 2 aromatic rings. The first-order chi connectivity index (χ1) is 16.6. The summed E-state index contributed by atoms with van der Waals surface area (Å²) >= 11 is 0. The van der Waals surface area contributed by atoms with Crippen molar-refractivity contribution >= 4 is 5.91 Å². The van der Waals surface area contributed by atoms with Gasteiger partial charge in [-0.15, -0.1) is 0 Å². The summed E-state index contributed by atoms with van der Waals surface area (Å²) in [6.45, 7) is 6.91. The summed E-state index contributed by atoms with van der Waals surface area (Å²) in [7, 11) is 4.80. The fourth-order valence-electron chi connectivity index (χ4n) is 4.66. The third-order valence-electron chi connectivity index (χ3n) is 6.37. The first-order valence-electron chi connectivity index (χ1n) is 12.1. The van der Waals surface area contributed by atoms with Crippen molar-refractivity contribution in [3.05, 3.63) is 53.6 Å². The normalized spacial score (nSPS) is 16.3. The number of rotatable bonds is 12. The van der Waals surface area contributed by atoms with Crippen molar-refractivity contribution < 1.29 is 19.0 Å². The number of methoxy groups -OCH3 is 3. The van der Waals surface area contributed by atoms with Crippen molar-refractivity contribution in [2.75, 3.05) is 47.5 Å². The van der Waals surface area contributed by atoms with Gasteiger partial charge in [-0.2, -0.15) is 0 Å².